The number of nitrogens with zero attached hydrogens (tertiary/aromatic N) is 2. The van der Waals surface area contributed by atoms with E-state index in [-0.39, 0.29) is 5.56 Å². The van der Waals surface area contributed by atoms with Crippen LogP contribution in [0.3, 0.4) is 0 Å². The summed E-state index contributed by atoms with van der Waals surface area (Å²) in [5.41, 5.74) is -0.0405. The van der Waals surface area contributed by atoms with Gasteiger partial charge in [-0.15, -0.1) is 0 Å². The average Bonchev–Trinajstić information content (AvgIpc) is 2.74. The number of hydrogen-bond donors (Lipinski definition) is 5. The third-order valence-corrected chi connectivity index (χ3v) is 2.50. The summed E-state index contributed by atoms with van der Waals surface area (Å²) in [6, 6.07) is 0. The van der Waals surface area contributed by atoms with Crippen LogP contribution in [0.5, 0.6) is 0 Å². The maximum absolute atomic E-state index is 11.9. The highest BCUT2D eigenvalue weighted by molar-refractivity contribution is 7.45. The molecule has 0 bridgehead atoms. The van der Waals surface area contributed by atoms with Crippen molar-refractivity contribution in [2.75, 3.05) is 0 Å². The standard InChI is InChI=1S/C10H14N4O2.H3O4P/c1-6(2)3-4-14-9(15)7-8(12-5-11-7)13-10(14)16;1-5(2,3)4/h5-6H,3-4H2,1-2H3,(H,11,12)(H,13,16);(H3,1,2,3,4). The number of H-pyrrole nitrogens is 2. The number of aromatic nitrogens is 4. The SMILES string of the molecule is CC(C)CCn1c(=O)[nH]c2nc[nH]c2c1=O.O=P(O)(O)O. The maximum atomic E-state index is 11.9. The van der Waals surface area contributed by atoms with Gasteiger partial charge in [-0.05, 0) is 12.3 Å². The fourth-order valence-electron chi connectivity index (χ4n) is 1.54. The second kappa shape index (κ2) is 6.81. The molecule has 0 unspecified atom stereocenters. The molecule has 11 heteroatoms. The Morgan fingerprint density at radius 1 is 1.33 bits per heavy atom. The van der Waals surface area contributed by atoms with Gasteiger partial charge in [0.15, 0.2) is 5.65 Å². The number of phosphoric acid groups is 1. The molecule has 0 atom stereocenters. The predicted molar refractivity (Wildman–Crippen MR) is 74.7 cm³/mol. The van der Waals surface area contributed by atoms with Crippen LogP contribution in [0.15, 0.2) is 15.9 Å². The summed E-state index contributed by atoms with van der Waals surface area (Å²) in [6.45, 7) is 4.53. The molecule has 0 radical (unpaired) electrons. The highest BCUT2D eigenvalue weighted by Crippen LogP contribution is 2.25. The van der Waals surface area contributed by atoms with Gasteiger partial charge in [0, 0.05) is 6.54 Å². The van der Waals surface area contributed by atoms with E-state index < -0.39 is 13.5 Å². The van der Waals surface area contributed by atoms with Gasteiger partial charge in [-0.25, -0.2) is 14.3 Å². The number of fused-ring (bicyclic) bond motifs is 1. The molecule has 2 aromatic rings. The Bertz CT molecular complexity index is 746. The smallest absolute Gasteiger partial charge is 0.339 e. The monoisotopic (exact) mass is 320 g/mol. The lowest BCUT2D eigenvalue weighted by Crippen LogP contribution is -2.35. The van der Waals surface area contributed by atoms with Crippen molar-refractivity contribution in [2.45, 2.75) is 26.8 Å². The lowest BCUT2D eigenvalue weighted by atomic mass is 10.1. The Kier molecular flexibility index (Phi) is 5.62. The van der Waals surface area contributed by atoms with Gasteiger partial charge in [-0.1, -0.05) is 13.8 Å². The first-order chi connectivity index (χ1) is 9.59. The number of rotatable bonds is 3. The second-order valence-electron chi connectivity index (χ2n) is 4.71. The Balaban J connectivity index is 0.000000383. The van der Waals surface area contributed by atoms with E-state index in [9.17, 15) is 9.59 Å². The average molecular weight is 320 g/mol. The summed E-state index contributed by atoms with van der Waals surface area (Å²) in [5.74, 6) is 0.448. The summed E-state index contributed by atoms with van der Waals surface area (Å²) in [7, 11) is -4.64. The number of hydrogen-bond acceptors (Lipinski definition) is 4. The van der Waals surface area contributed by atoms with Crippen LogP contribution in [-0.4, -0.2) is 34.2 Å². The topological polar surface area (TPSA) is 161 Å². The first-order valence-corrected chi connectivity index (χ1v) is 7.60. The molecule has 5 N–H and O–H groups in total. The lowest BCUT2D eigenvalue weighted by molar-refractivity contribution is 0.275. The Hall–Kier alpha value is -1.74. The zero-order chi connectivity index (χ0) is 16.2. The molecule has 0 spiro atoms. The summed E-state index contributed by atoms with van der Waals surface area (Å²) in [6.07, 6.45) is 2.19. The molecule has 2 rings (SSSR count). The molecule has 0 aliphatic heterocycles. The largest absolute Gasteiger partial charge is 0.466 e. The first-order valence-electron chi connectivity index (χ1n) is 6.04. The third kappa shape index (κ3) is 5.64. The van der Waals surface area contributed by atoms with Crippen molar-refractivity contribution in [3.63, 3.8) is 0 Å². The van der Waals surface area contributed by atoms with Crippen LogP contribution in [0.2, 0.25) is 0 Å². The Morgan fingerprint density at radius 2 is 1.90 bits per heavy atom. The van der Waals surface area contributed by atoms with Crippen LogP contribution in [0, 0.1) is 5.92 Å². The third-order valence-electron chi connectivity index (χ3n) is 2.50. The summed E-state index contributed by atoms with van der Waals surface area (Å²) in [5, 5.41) is 0. The molecule has 10 nitrogen and oxygen atoms in total. The molecule has 21 heavy (non-hydrogen) atoms. The van der Waals surface area contributed by atoms with Gasteiger partial charge in [0.2, 0.25) is 0 Å². The zero-order valence-corrected chi connectivity index (χ0v) is 12.4. The highest BCUT2D eigenvalue weighted by Gasteiger charge is 2.09. The first kappa shape index (κ1) is 17.3. The highest BCUT2D eigenvalue weighted by atomic mass is 31.2. The van der Waals surface area contributed by atoms with Crippen LogP contribution in [-0.2, 0) is 11.1 Å². The minimum Gasteiger partial charge on any atom is -0.339 e. The second-order valence-corrected chi connectivity index (χ2v) is 5.74. The molecule has 2 heterocycles. The van der Waals surface area contributed by atoms with Crippen LogP contribution in [0.4, 0.5) is 0 Å². The molecule has 0 saturated carbocycles. The van der Waals surface area contributed by atoms with Crippen molar-refractivity contribution in [1.29, 1.82) is 0 Å². The number of imidazole rings is 1. The van der Waals surface area contributed by atoms with E-state index in [2.05, 4.69) is 15.0 Å². The lowest BCUT2D eigenvalue weighted by Gasteiger charge is -2.06. The van der Waals surface area contributed by atoms with Gasteiger partial charge in [0.1, 0.15) is 5.52 Å². The molecular weight excluding hydrogens is 303 g/mol. The minimum absolute atomic E-state index is 0.308. The zero-order valence-electron chi connectivity index (χ0n) is 11.5. The van der Waals surface area contributed by atoms with E-state index in [0.29, 0.717) is 23.6 Å². The van der Waals surface area contributed by atoms with Crippen molar-refractivity contribution in [3.05, 3.63) is 27.2 Å². The quantitative estimate of drug-likeness (QED) is 0.477. The Labute approximate surface area is 118 Å². The number of nitrogens with one attached hydrogen (secondary N) is 2. The van der Waals surface area contributed by atoms with Crippen molar-refractivity contribution < 1.29 is 19.2 Å². The van der Waals surface area contributed by atoms with Crippen LogP contribution >= 0.6 is 7.82 Å². The maximum Gasteiger partial charge on any atom is 0.466 e. The van der Waals surface area contributed by atoms with Crippen LogP contribution in [0.25, 0.3) is 11.2 Å². The van der Waals surface area contributed by atoms with E-state index in [1.165, 1.54) is 10.9 Å². The fourth-order valence-corrected chi connectivity index (χ4v) is 1.54. The van der Waals surface area contributed by atoms with Gasteiger partial charge in [0.25, 0.3) is 5.56 Å². The van der Waals surface area contributed by atoms with Crippen molar-refractivity contribution in [1.82, 2.24) is 19.5 Å². The molecular formula is C10H17N4O6P. The van der Waals surface area contributed by atoms with Gasteiger partial charge in [-0.3, -0.25) is 14.3 Å². The summed E-state index contributed by atoms with van der Waals surface area (Å²) < 4.78 is 10.1. The molecule has 0 fully saturated rings. The molecule has 0 aliphatic rings. The van der Waals surface area contributed by atoms with Crippen molar-refractivity contribution >= 4 is 19.0 Å². The van der Waals surface area contributed by atoms with Gasteiger partial charge < -0.3 is 19.7 Å². The normalized spacial score (nSPS) is 11.5. The molecule has 0 aliphatic carbocycles. The van der Waals surface area contributed by atoms with Crippen LogP contribution < -0.4 is 11.2 Å². The summed E-state index contributed by atoms with van der Waals surface area (Å²) in [4.78, 5) is 54.2. The molecule has 2 aromatic heterocycles. The Morgan fingerprint density at radius 3 is 2.43 bits per heavy atom. The van der Waals surface area contributed by atoms with E-state index in [0.717, 1.165) is 6.42 Å². The summed E-state index contributed by atoms with van der Waals surface area (Å²) >= 11 is 0. The van der Waals surface area contributed by atoms with E-state index in [1.807, 2.05) is 13.8 Å². The molecule has 0 amide bonds. The predicted octanol–water partition coefficient (Wildman–Crippen LogP) is -0.470. The van der Waals surface area contributed by atoms with E-state index >= 15 is 0 Å². The minimum atomic E-state index is -4.64. The fraction of sp³-hybridized carbons (Fsp3) is 0.500. The van der Waals surface area contributed by atoms with E-state index in [1.54, 1.807) is 0 Å². The van der Waals surface area contributed by atoms with Crippen molar-refractivity contribution in [2.24, 2.45) is 5.92 Å². The molecule has 0 aromatic carbocycles. The molecule has 118 valence electrons. The van der Waals surface area contributed by atoms with E-state index in [4.69, 9.17) is 19.2 Å². The van der Waals surface area contributed by atoms with Crippen molar-refractivity contribution in [3.8, 4) is 0 Å². The van der Waals surface area contributed by atoms with Gasteiger partial charge >= 0.3 is 13.5 Å². The molecule has 0 saturated heterocycles. The van der Waals surface area contributed by atoms with Gasteiger partial charge in [0.05, 0.1) is 6.33 Å². The van der Waals surface area contributed by atoms with Crippen LogP contribution in [0.1, 0.15) is 20.3 Å². The van der Waals surface area contributed by atoms with Gasteiger partial charge in [-0.2, -0.15) is 0 Å². The number of aromatic amines is 2.